The van der Waals surface area contributed by atoms with E-state index < -0.39 is 21.7 Å². The fourth-order valence-corrected chi connectivity index (χ4v) is 4.47. The molecule has 0 bridgehead atoms. The number of hydrogen-bond donors (Lipinski definition) is 1. The van der Waals surface area contributed by atoms with Crippen LogP contribution in [0, 0.1) is 11.6 Å². The van der Waals surface area contributed by atoms with E-state index in [4.69, 9.17) is 5.73 Å². The Morgan fingerprint density at radius 2 is 1.95 bits per heavy atom. The highest BCUT2D eigenvalue weighted by Crippen LogP contribution is 2.26. The minimum absolute atomic E-state index is 0.0339. The molecule has 2 N–H and O–H groups in total. The number of sulfonamides is 1. The summed E-state index contributed by atoms with van der Waals surface area (Å²) in [6, 6.07) is 4.72. The quantitative estimate of drug-likeness (QED) is 0.916. The third kappa shape index (κ3) is 3.39. The molecule has 0 aliphatic rings. The van der Waals surface area contributed by atoms with Crippen molar-refractivity contribution >= 4 is 27.0 Å². The van der Waals surface area contributed by atoms with Crippen LogP contribution < -0.4 is 5.73 Å². The average molecular weight is 332 g/mol. The molecule has 1 aromatic carbocycles. The first-order valence-electron chi connectivity index (χ1n) is 6.12. The normalized spacial score (nSPS) is 12.0. The lowest BCUT2D eigenvalue weighted by atomic mass is 10.2. The predicted molar refractivity (Wildman–Crippen MR) is 78.4 cm³/mol. The van der Waals surface area contributed by atoms with Gasteiger partial charge in [0.25, 0.3) is 10.0 Å². The Labute approximate surface area is 125 Å². The SMILES string of the molecule is CCN(Cc1ccc(F)c(F)c1)S(=O)(=O)c1cc(N)cs1. The van der Waals surface area contributed by atoms with Crippen LogP contribution in [0.2, 0.25) is 0 Å². The van der Waals surface area contributed by atoms with Crippen LogP contribution >= 0.6 is 11.3 Å². The van der Waals surface area contributed by atoms with Gasteiger partial charge < -0.3 is 5.73 Å². The van der Waals surface area contributed by atoms with E-state index in [-0.39, 0.29) is 17.3 Å². The number of halogens is 2. The standard InChI is InChI=1S/C13H14F2N2O2S2/c1-2-17(7-9-3-4-11(14)12(15)5-9)21(18,19)13-6-10(16)8-20-13/h3-6,8H,2,7,16H2,1H3. The monoisotopic (exact) mass is 332 g/mol. The van der Waals surface area contributed by atoms with Gasteiger partial charge >= 0.3 is 0 Å². The van der Waals surface area contributed by atoms with Crippen molar-refractivity contribution in [1.29, 1.82) is 0 Å². The topological polar surface area (TPSA) is 63.4 Å². The van der Waals surface area contributed by atoms with Gasteiger partial charge in [-0.3, -0.25) is 0 Å². The molecular formula is C13H14F2N2O2S2. The minimum Gasteiger partial charge on any atom is -0.398 e. The van der Waals surface area contributed by atoms with Crippen LogP contribution in [-0.4, -0.2) is 19.3 Å². The summed E-state index contributed by atoms with van der Waals surface area (Å²) in [6.45, 7) is 1.85. The van der Waals surface area contributed by atoms with Crippen LogP contribution in [0.3, 0.4) is 0 Å². The van der Waals surface area contributed by atoms with Gasteiger partial charge in [-0.05, 0) is 23.8 Å². The summed E-state index contributed by atoms with van der Waals surface area (Å²) in [5.41, 5.74) is 6.30. The van der Waals surface area contributed by atoms with Crippen molar-refractivity contribution in [2.45, 2.75) is 17.7 Å². The molecule has 0 amide bonds. The summed E-state index contributed by atoms with van der Waals surface area (Å²) in [5, 5.41) is 1.54. The average Bonchev–Trinajstić information content (AvgIpc) is 2.87. The van der Waals surface area contributed by atoms with Crippen LogP contribution in [0.25, 0.3) is 0 Å². The Morgan fingerprint density at radius 1 is 1.24 bits per heavy atom. The lowest BCUT2D eigenvalue weighted by molar-refractivity contribution is 0.422. The van der Waals surface area contributed by atoms with E-state index in [9.17, 15) is 17.2 Å². The zero-order valence-corrected chi connectivity index (χ0v) is 12.8. The van der Waals surface area contributed by atoms with Gasteiger partial charge in [0.1, 0.15) is 4.21 Å². The van der Waals surface area contributed by atoms with Crippen molar-refractivity contribution in [2.75, 3.05) is 12.3 Å². The van der Waals surface area contributed by atoms with Crippen LogP contribution in [-0.2, 0) is 16.6 Å². The highest BCUT2D eigenvalue weighted by atomic mass is 32.2. The second-order valence-corrected chi connectivity index (χ2v) is 7.45. The minimum atomic E-state index is -3.70. The molecule has 1 heterocycles. The fourth-order valence-electron chi connectivity index (χ4n) is 1.80. The first-order chi connectivity index (χ1) is 9.84. The van der Waals surface area contributed by atoms with Crippen molar-refractivity contribution in [1.82, 2.24) is 4.31 Å². The van der Waals surface area contributed by atoms with Gasteiger partial charge in [-0.25, -0.2) is 17.2 Å². The first kappa shape index (κ1) is 15.9. The number of thiophene rings is 1. The van der Waals surface area contributed by atoms with Crippen LogP contribution in [0.15, 0.2) is 33.9 Å². The van der Waals surface area contributed by atoms with E-state index in [1.807, 2.05) is 0 Å². The van der Waals surface area contributed by atoms with E-state index in [0.717, 1.165) is 23.5 Å². The van der Waals surface area contributed by atoms with E-state index in [2.05, 4.69) is 0 Å². The van der Waals surface area contributed by atoms with Gasteiger partial charge in [-0.15, -0.1) is 11.3 Å². The van der Waals surface area contributed by atoms with Crippen molar-refractivity contribution in [3.63, 3.8) is 0 Å². The van der Waals surface area contributed by atoms with Crippen molar-refractivity contribution < 1.29 is 17.2 Å². The van der Waals surface area contributed by atoms with Gasteiger partial charge in [-0.2, -0.15) is 4.31 Å². The molecule has 0 fully saturated rings. The molecule has 0 aliphatic heterocycles. The Morgan fingerprint density at radius 3 is 2.48 bits per heavy atom. The molecular weight excluding hydrogens is 318 g/mol. The molecule has 0 saturated carbocycles. The molecule has 0 unspecified atom stereocenters. The van der Waals surface area contributed by atoms with Crippen molar-refractivity contribution in [3.05, 3.63) is 46.8 Å². The Balaban J connectivity index is 2.29. The Hall–Kier alpha value is -1.51. The number of nitrogens with two attached hydrogens (primary N) is 1. The summed E-state index contributed by atoms with van der Waals surface area (Å²) in [7, 11) is -3.70. The highest BCUT2D eigenvalue weighted by molar-refractivity contribution is 7.91. The van der Waals surface area contributed by atoms with Crippen LogP contribution in [0.1, 0.15) is 12.5 Å². The maximum atomic E-state index is 13.2. The summed E-state index contributed by atoms with van der Waals surface area (Å²) < 4.78 is 52.3. The van der Waals surface area contributed by atoms with Gasteiger partial charge in [0.15, 0.2) is 11.6 Å². The third-order valence-electron chi connectivity index (χ3n) is 2.89. The fraction of sp³-hybridized carbons (Fsp3) is 0.231. The van der Waals surface area contributed by atoms with E-state index in [1.165, 1.54) is 21.8 Å². The van der Waals surface area contributed by atoms with Crippen molar-refractivity contribution in [2.24, 2.45) is 0 Å². The van der Waals surface area contributed by atoms with Crippen molar-refractivity contribution in [3.8, 4) is 0 Å². The summed E-state index contributed by atoms with van der Waals surface area (Å²) in [6.07, 6.45) is 0. The van der Waals surface area contributed by atoms with Gasteiger partial charge in [0, 0.05) is 24.2 Å². The zero-order chi connectivity index (χ0) is 15.6. The number of benzene rings is 1. The second kappa shape index (κ2) is 6.08. The predicted octanol–water partition coefficient (Wildman–Crippen LogP) is 2.82. The molecule has 4 nitrogen and oxygen atoms in total. The first-order valence-corrected chi connectivity index (χ1v) is 8.44. The number of nitrogens with zero attached hydrogens (tertiary/aromatic N) is 1. The molecule has 8 heteroatoms. The van der Waals surface area contributed by atoms with E-state index in [1.54, 1.807) is 6.92 Å². The van der Waals surface area contributed by atoms with E-state index in [0.29, 0.717) is 11.3 Å². The van der Waals surface area contributed by atoms with E-state index >= 15 is 0 Å². The summed E-state index contributed by atoms with van der Waals surface area (Å²) >= 11 is 1.03. The number of rotatable bonds is 5. The third-order valence-corrected chi connectivity index (χ3v) is 6.24. The largest absolute Gasteiger partial charge is 0.398 e. The molecule has 0 spiro atoms. The summed E-state index contributed by atoms with van der Waals surface area (Å²) in [4.78, 5) is 0. The maximum Gasteiger partial charge on any atom is 0.252 e. The molecule has 0 saturated heterocycles. The molecule has 114 valence electrons. The Kier molecular flexibility index (Phi) is 4.60. The maximum absolute atomic E-state index is 13.2. The van der Waals surface area contributed by atoms with Crippen LogP contribution in [0.4, 0.5) is 14.5 Å². The van der Waals surface area contributed by atoms with Crippen LogP contribution in [0.5, 0.6) is 0 Å². The van der Waals surface area contributed by atoms with Gasteiger partial charge in [-0.1, -0.05) is 13.0 Å². The molecule has 0 aliphatic carbocycles. The second-order valence-electron chi connectivity index (χ2n) is 4.38. The summed E-state index contributed by atoms with van der Waals surface area (Å²) in [5.74, 6) is -1.96. The van der Waals surface area contributed by atoms with Gasteiger partial charge in [0.05, 0.1) is 0 Å². The molecule has 0 atom stereocenters. The zero-order valence-electron chi connectivity index (χ0n) is 11.2. The molecule has 21 heavy (non-hydrogen) atoms. The number of nitrogen functional groups attached to an aromatic ring is 1. The van der Waals surface area contributed by atoms with Gasteiger partial charge in [0.2, 0.25) is 0 Å². The molecule has 2 rings (SSSR count). The lowest BCUT2D eigenvalue weighted by Gasteiger charge is -2.19. The molecule has 2 aromatic rings. The Bertz CT molecular complexity index is 744. The number of anilines is 1. The molecule has 0 radical (unpaired) electrons. The highest BCUT2D eigenvalue weighted by Gasteiger charge is 2.25. The molecule has 1 aromatic heterocycles. The number of hydrogen-bond acceptors (Lipinski definition) is 4. The lowest BCUT2D eigenvalue weighted by Crippen LogP contribution is -2.30. The smallest absolute Gasteiger partial charge is 0.252 e.